The lowest BCUT2D eigenvalue weighted by Gasteiger charge is -2.29. The molecule has 8 rings (SSSR count). The first-order valence-corrected chi connectivity index (χ1v) is 23.2. The van der Waals surface area contributed by atoms with Crippen LogP contribution < -0.4 is 51.6 Å². The quantitative estimate of drug-likeness (QED) is 0.0386. The Morgan fingerprint density at radius 1 is 0.571 bits per heavy atom. The molecular formula is C50H49ClF10N10O6. The third-order valence-corrected chi connectivity index (χ3v) is 11.6. The van der Waals surface area contributed by atoms with Crippen molar-refractivity contribution in [2.24, 2.45) is 0 Å². The maximum atomic E-state index is 14.0. The van der Waals surface area contributed by atoms with Crippen molar-refractivity contribution in [1.29, 1.82) is 0 Å². The van der Waals surface area contributed by atoms with E-state index in [0.717, 1.165) is 55.6 Å². The highest BCUT2D eigenvalue weighted by Crippen LogP contribution is 2.40. The second-order valence-electron chi connectivity index (χ2n) is 16.3. The van der Waals surface area contributed by atoms with Gasteiger partial charge >= 0.3 is 12.4 Å². The molecule has 0 bridgehead atoms. The first kappa shape index (κ1) is 58.3. The van der Waals surface area contributed by atoms with Crippen molar-refractivity contribution in [2.75, 3.05) is 112 Å². The molecule has 0 unspecified atom stereocenters. The molecule has 412 valence electrons. The minimum atomic E-state index is -4.84. The zero-order chi connectivity index (χ0) is 56.2. The third kappa shape index (κ3) is 15.1. The molecule has 2 saturated heterocycles. The summed E-state index contributed by atoms with van der Waals surface area (Å²) in [5, 5.41) is 11.8. The molecule has 2 aliphatic heterocycles. The number of nitrogens with two attached hydrogens (primary N) is 1. The number of aromatic nitrogens is 2. The molecule has 0 saturated carbocycles. The first-order chi connectivity index (χ1) is 36.5. The van der Waals surface area contributed by atoms with Gasteiger partial charge in [-0.05, 0) is 42.5 Å². The number of amides is 2. The van der Waals surface area contributed by atoms with Crippen molar-refractivity contribution in [3.05, 3.63) is 136 Å². The number of anilines is 9. The second-order valence-corrected chi connectivity index (χ2v) is 16.7. The van der Waals surface area contributed by atoms with Crippen molar-refractivity contribution in [1.82, 2.24) is 20.6 Å². The van der Waals surface area contributed by atoms with Gasteiger partial charge in [0.1, 0.15) is 22.5 Å². The lowest BCUT2D eigenvalue weighted by atomic mass is 10.1. The second kappa shape index (κ2) is 25.7. The number of methoxy groups -OCH3 is 2. The largest absolute Gasteiger partial charge is 0.495 e. The van der Waals surface area contributed by atoms with Gasteiger partial charge in [-0.1, -0.05) is 11.6 Å². The molecule has 2 aliphatic rings. The minimum absolute atomic E-state index is 0.00185. The van der Waals surface area contributed by atoms with Gasteiger partial charge in [0.05, 0.1) is 97.0 Å². The topological polar surface area (TPSA) is 189 Å². The Labute approximate surface area is 438 Å². The number of halogens is 11. The molecule has 0 aliphatic carbocycles. The van der Waals surface area contributed by atoms with E-state index in [0.29, 0.717) is 80.1 Å². The fraction of sp³-hybridized carbons (Fsp3) is 0.280. The van der Waals surface area contributed by atoms with E-state index in [1.807, 2.05) is 24.3 Å². The Hall–Kier alpha value is -7.97. The lowest BCUT2D eigenvalue weighted by Crippen LogP contribution is -2.36. The van der Waals surface area contributed by atoms with E-state index in [9.17, 15) is 53.5 Å². The number of hydrogen-bond acceptors (Lipinski definition) is 14. The average molecular weight is 1110 g/mol. The minimum Gasteiger partial charge on any atom is -0.495 e. The molecule has 2 amide bonds. The summed E-state index contributed by atoms with van der Waals surface area (Å²) in [6.07, 6.45) is -8.52. The Morgan fingerprint density at radius 3 is 1.45 bits per heavy atom. The molecule has 2 aromatic heterocycles. The van der Waals surface area contributed by atoms with Crippen LogP contribution in [0.25, 0.3) is 0 Å². The summed E-state index contributed by atoms with van der Waals surface area (Å²) in [6, 6.07) is 15.5. The molecule has 0 spiro atoms. The van der Waals surface area contributed by atoms with Crippen molar-refractivity contribution in [3.8, 4) is 11.5 Å². The molecular weight excluding hydrogens is 1060 g/mol. The highest BCUT2D eigenvalue weighted by Gasteiger charge is 2.36. The van der Waals surface area contributed by atoms with Crippen LogP contribution in [0.1, 0.15) is 31.8 Å². The first-order valence-electron chi connectivity index (χ1n) is 22.8. The highest BCUT2D eigenvalue weighted by atomic mass is 35.5. The number of nitrogens with zero attached hydrogens (tertiary/aromatic N) is 4. The van der Waals surface area contributed by atoms with Crippen LogP contribution in [0.15, 0.2) is 85.2 Å². The zero-order valence-electron chi connectivity index (χ0n) is 41.2. The van der Waals surface area contributed by atoms with Crippen LogP contribution in [0.2, 0.25) is 5.15 Å². The van der Waals surface area contributed by atoms with Gasteiger partial charge in [-0.2, -0.15) is 26.3 Å². The van der Waals surface area contributed by atoms with E-state index in [1.54, 1.807) is 19.2 Å². The molecule has 0 atom stereocenters. The number of nitrogen functional groups attached to an aromatic ring is 1. The maximum Gasteiger partial charge on any atom is 0.419 e. The van der Waals surface area contributed by atoms with Crippen molar-refractivity contribution < 1.29 is 72.4 Å². The van der Waals surface area contributed by atoms with E-state index in [4.69, 9.17) is 36.3 Å². The van der Waals surface area contributed by atoms with Crippen LogP contribution in [0, 0.1) is 23.3 Å². The Kier molecular flexibility index (Phi) is 19.5. The molecule has 4 heterocycles. The Bertz CT molecular complexity index is 3050. The highest BCUT2D eigenvalue weighted by molar-refractivity contribution is 6.29. The predicted octanol–water partition coefficient (Wildman–Crippen LogP) is 10.3. The normalized spacial score (nSPS) is 13.5. The fourth-order valence-corrected chi connectivity index (χ4v) is 7.66. The summed E-state index contributed by atoms with van der Waals surface area (Å²) in [5.74, 6) is -5.79. The van der Waals surface area contributed by atoms with Gasteiger partial charge in [-0.25, -0.2) is 27.5 Å². The molecule has 0 radical (unpaired) electrons. The molecule has 6 aromatic rings. The van der Waals surface area contributed by atoms with Gasteiger partial charge in [-0.3, -0.25) is 9.59 Å². The van der Waals surface area contributed by atoms with E-state index in [-0.39, 0.29) is 33.5 Å². The summed E-state index contributed by atoms with van der Waals surface area (Å²) >= 11 is 5.59. The summed E-state index contributed by atoms with van der Waals surface area (Å²) in [7, 11) is 5.58. The van der Waals surface area contributed by atoms with E-state index < -0.39 is 69.9 Å². The number of rotatable bonds is 12. The van der Waals surface area contributed by atoms with Crippen LogP contribution in [0.3, 0.4) is 0 Å². The SMILES string of the molecule is CNC(=O)c1cc(F)c(F)cc1Nc1cc(Cl)ncc1C(F)(F)F.CNC(=O)c1cc(F)c(F)cc1Nc1cc(Nc2ccc(N3CCOCC3)cc2OC)ncc1C(F)(F)F.COc1cc(N2CCOCC2)ccc1N. The molecule has 7 N–H and O–H groups in total. The summed E-state index contributed by atoms with van der Waals surface area (Å²) in [6.45, 7) is 6.00. The third-order valence-electron chi connectivity index (χ3n) is 11.4. The lowest BCUT2D eigenvalue weighted by molar-refractivity contribution is -0.138. The van der Waals surface area contributed by atoms with Gasteiger partial charge in [0.25, 0.3) is 11.8 Å². The molecule has 77 heavy (non-hydrogen) atoms. The van der Waals surface area contributed by atoms with E-state index >= 15 is 0 Å². The van der Waals surface area contributed by atoms with Gasteiger partial charge < -0.3 is 61.1 Å². The maximum absolute atomic E-state index is 14.0. The number of benzene rings is 4. The average Bonchev–Trinajstić information content (AvgIpc) is 3.40. The number of carbonyl (C=O) groups excluding carboxylic acids is 2. The molecule has 16 nitrogen and oxygen atoms in total. The number of pyridine rings is 2. The van der Waals surface area contributed by atoms with Crippen LogP contribution >= 0.6 is 11.6 Å². The monoisotopic (exact) mass is 1110 g/mol. The van der Waals surface area contributed by atoms with Gasteiger partial charge in [-0.15, -0.1) is 0 Å². The van der Waals surface area contributed by atoms with E-state index in [1.165, 1.54) is 21.2 Å². The number of ether oxygens (including phenoxy) is 4. The number of hydrogen-bond donors (Lipinski definition) is 6. The fourth-order valence-electron chi connectivity index (χ4n) is 7.51. The van der Waals surface area contributed by atoms with Crippen LogP contribution in [0.5, 0.6) is 11.5 Å². The summed E-state index contributed by atoms with van der Waals surface area (Å²) < 4.78 is 156. The Morgan fingerprint density at radius 2 is 1.00 bits per heavy atom. The van der Waals surface area contributed by atoms with Crippen molar-refractivity contribution in [2.45, 2.75) is 12.4 Å². The molecule has 27 heteroatoms. The number of morpholine rings is 2. The zero-order valence-corrected chi connectivity index (χ0v) is 42.0. The van der Waals surface area contributed by atoms with Crippen molar-refractivity contribution in [3.63, 3.8) is 0 Å². The van der Waals surface area contributed by atoms with Crippen LogP contribution in [0.4, 0.5) is 95.2 Å². The summed E-state index contributed by atoms with van der Waals surface area (Å²) in [5.41, 5.74) is 3.97. The van der Waals surface area contributed by atoms with Crippen molar-refractivity contribution >= 4 is 74.7 Å². The van der Waals surface area contributed by atoms with Gasteiger partial charge in [0.15, 0.2) is 23.3 Å². The Balaban J connectivity index is 0.000000209. The summed E-state index contributed by atoms with van der Waals surface area (Å²) in [4.78, 5) is 35.5. The van der Waals surface area contributed by atoms with Crippen LogP contribution in [-0.4, -0.2) is 103 Å². The number of alkyl halides is 6. The number of nitrogens with one attached hydrogen (secondary N) is 5. The van der Waals surface area contributed by atoms with Gasteiger partial charge in [0, 0.05) is 94.4 Å². The smallest absolute Gasteiger partial charge is 0.419 e. The van der Waals surface area contributed by atoms with Crippen LogP contribution in [-0.2, 0) is 21.8 Å². The van der Waals surface area contributed by atoms with Gasteiger partial charge in [0.2, 0.25) is 0 Å². The standard InChI is InChI=1S/C25H24F5N5O3.C14H9ClF5N3O.C11H16N2O2/c1-31-24(36)15-10-17(26)18(27)11-20(15)33-21-12-23(32-13-16(21)25(28,29)30)34-19-4-3-14(9-22(19)37-2)35-5-7-38-8-6-35;1-21-13(24)6-2-8(16)9(17)3-10(6)23-11-4-12(15)22-5-7(11)14(18,19)20;1-14-11-8-9(2-3-10(11)12)13-4-6-15-7-5-13/h3-4,9-13H,5-8H2,1-2H3,(H,31,36)(H2,32,33,34);2-5H,1H3,(H,21,24)(H,22,23);2-3,8H,4-7,12H2,1H3. The predicted molar refractivity (Wildman–Crippen MR) is 269 cm³/mol. The molecule has 4 aromatic carbocycles. The van der Waals surface area contributed by atoms with E-state index in [2.05, 4.69) is 46.4 Å². The molecule has 2 fully saturated rings. The number of carbonyl (C=O) groups is 2.